The number of imidazole rings is 2. The third-order valence-electron chi connectivity index (χ3n) is 4.49. The minimum Gasteiger partial charge on any atom is -0.306 e. The molecule has 0 fully saturated rings. The maximum atomic E-state index is 11.5. The molecule has 4 aromatic rings. The summed E-state index contributed by atoms with van der Waals surface area (Å²) < 4.78 is 4.94. The molecule has 6 heteroatoms. The second-order valence-corrected chi connectivity index (χ2v) is 6.40. The summed E-state index contributed by atoms with van der Waals surface area (Å²) in [5, 5.41) is 0. The van der Waals surface area contributed by atoms with E-state index < -0.39 is 0 Å². The molecule has 0 radical (unpaired) electrons. The van der Waals surface area contributed by atoms with Crippen molar-refractivity contribution in [1.82, 2.24) is 18.7 Å². The van der Waals surface area contributed by atoms with Gasteiger partial charge in [-0.1, -0.05) is 26.0 Å². The molecule has 0 atom stereocenters. The summed E-state index contributed by atoms with van der Waals surface area (Å²) in [6, 6.07) is 11.9. The molecule has 4 rings (SSSR count). The molecule has 6 nitrogen and oxygen atoms in total. The zero-order chi connectivity index (χ0) is 20.3. The summed E-state index contributed by atoms with van der Waals surface area (Å²) in [7, 11) is 5.35. The van der Waals surface area contributed by atoms with Gasteiger partial charge >= 0.3 is 11.4 Å². The van der Waals surface area contributed by atoms with Crippen LogP contribution in [0.3, 0.4) is 0 Å². The van der Waals surface area contributed by atoms with Gasteiger partial charge in [0.1, 0.15) is 0 Å². The third-order valence-corrected chi connectivity index (χ3v) is 4.49. The summed E-state index contributed by atoms with van der Waals surface area (Å²) >= 11 is 0. The molecule has 0 bridgehead atoms. The van der Waals surface area contributed by atoms with E-state index in [1.54, 1.807) is 34.8 Å². The van der Waals surface area contributed by atoms with Crippen LogP contribution in [0.15, 0.2) is 46.0 Å². The number of benzene rings is 2. The first-order chi connectivity index (χ1) is 12.8. The molecule has 0 unspecified atom stereocenters. The monoisotopic (exact) mass is 368 g/mol. The van der Waals surface area contributed by atoms with E-state index >= 15 is 0 Å². The van der Waals surface area contributed by atoms with E-state index in [4.69, 9.17) is 0 Å². The van der Waals surface area contributed by atoms with Crippen LogP contribution in [0.5, 0.6) is 0 Å². The molecule has 27 heavy (non-hydrogen) atoms. The van der Waals surface area contributed by atoms with E-state index in [1.165, 1.54) is 5.56 Å². The van der Waals surface area contributed by atoms with Crippen molar-refractivity contribution in [3.05, 3.63) is 68.5 Å². The fraction of sp³-hybridized carbons (Fsp3) is 0.333. The quantitative estimate of drug-likeness (QED) is 0.517. The Balaban J connectivity index is 0.000000178. The molecule has 0 aliphatic rings. The van der Waals surface area contributed by atoms with Gasteiger partial charge < -0.3 is 4.98 Å². The lowest BCUT2D eigenvalue weighted by atomic mass is 10.2. The number of aromatic amines is 1. The average molecular weight is 368 g/mol. The van der Waals surface area contributed by atoms with E-state index in [0.717, 1.165) is 27.6 Å². The van der Waals surface area contributed by atoms with Gasteiger partial charge in [-0.05, 0) is 49.2 Å². The standard InChI is InChI=1S/C10H12N2O.C9H10N2O.C2H6/c1-7-4-5-8-9(6-7)12(3)10(13)11(8)2;1-6-3-4-8-7(5-6)10-9(12)11(8)2;1-2/h4-6H,1-3H3;3-5H,1-2H3,(H,10,12);1-2H3. The molecule has 2 heterocycles. The van der Waals surface area contributed by atoms with Crippen LogP contribution in [0, 0.1) is 13.8 Å². The minimum absolute atomic E-state index is 0.0283. The molecule has 0 saturated carbocycles. The Morgan fingerprint density at radius 1 is 0.704 bits per heavy atom. The first kappa shape index (κ1) is 20.3. The normalized spacial score (nSPS) is 10.3. The molecule has 1 N–H and O–H groups in total. The number of aryl methyl sites for hydroxylation is 5. The molecular formula is C21H28N4O2. The van der Waals surface area contributed by atoms with Crippen molar-refractivity contribution >= 4 is 22.1 Å². The molecule has 0 aliphatic carbocycles. The van der Waals surface area contributed by atoms with Gasteiger partial charge in [-0.3, -0.25) is 13.7 Å². The Kier molecular flexibility index (Phi) is 6.10. The van der Waals surface area contributed by atoms with Crippen molar-refractivity contribution in [2.75, 3.05) is 0 Å². The van der Waals surface area contributed by atoms with Gasteiger partial charge in [-0.2, -0.15) is 0 Å². The Morgan fingerprint density at radius 3 is 1.85 bits per heavy atom. The van der Waals surface area contributed by atoms with Gasteiger partial charge in [-0.15, -0.1) is 0 Å². The number of H-pyrrole nitrogens is 1. The van der Waals surface area contributed by atoms with Crippen molar-refractivity contribution in [3.63, 3.8) is 0 Å². The van der Waals surface area contributed by atoms with Crippen molar-refractivity contribution in [3.8, 4) is 0 Å². The number of hydrogen-bond donors (Lipinski definition) is 1. The Morgan fingerprint density at radius 2 is 1.22 bits per heavy atom. The second kappa shape index (κ2) is 8.12. The highest BCUT2D eigenvalue weighted by molar-refractivity contribution is 5.77. The smallest absolute Gasteiger partial charge is 0.306 e. The maximum absolute atomic E-state index is 11.5. The number of aromatic nitrogens is 4. The third kappa shape index (κ3) is 3.89. The first-order valence-corrected chi connectivity index (χ1v) is 9.07. The lowest BCUT2D eigenvalue weighted by Gasteiger charge is -1.95. The van der Waals surface area contributed by atoms with Crippen molar-refractivity contribution in [2.45, 2.75) is 27.7 Å². The van der Waals surface area contributed by atoms with Crippen molar-refractivity contribution < 1.29 is 0 Å². The van der Waals surface area contributed by atoms with Crippen molar-refractivity contribution in [2.24, 2.45) is 21.1 Å². The van der Waals surface area contributed by atoms with Crippen LogP contribution in [0.2, 0.25) is 0 Å². The van der Waals surface area contributed by atoms with Gasteiger partial charge in [0.2, 0.25) is 0 Å². The van der Waals surface area contributed by atoms with Crippen LogP contribution in [0.1, 0.15) is 25.0 Å². The fourth-order valence-corrected chi connectivity index (χ4v) is 2.97. The average Bonchev–Trinajstić information content (AvgIpc) is 3.05. The van der Waals surface area contributed by atoms with Crippen LogP contribution in [-0.2, 0) is 21.1 Å². The number of nitrogens with zero attached hydrogens (tertiary/aromatic N) is 3. The van der Waals surface area contributed by atoms with E-state index in [2.05, 4.69) is 4.98 Å². The highest BCUT2D eigenvalue weighted by Crippen LogP contribution is 2.13. The Hall–Kier alpha value is -3.02. The molecular weight excluding hydrogens is 340 g/mol. The molecule has 2 aromatic heterocycles. The lowest BCUT2D eigenvalue weighted by Crippen LogP contribution is -2.19. The number of nitrogens with one attached hydrogen (secondary N) is 1. The van der Waals surface area contributed by atoms with Crippen LogP contribution >= 0.6 is 0 Å². The van der Waals surface area contributed by atoms with Crippen LogP contribution < -0.4 is 11.4 Å². The van der Waals surface area contributed by atoms with E-state index in [-0.39, 0.29) is 11.4 Å². The largest absolute Gasteiger partial charge is 0.328 e. The number of hydrogen-bond acceptors (Lipinski definition) is 2. The molecule has 144 valence electrons. The van der Waals surface area contributed by atoms with Crippen LogP contribution in [-0.4, -0.2) is 18.7 Å². The Labute approximate surface area is 158 Å². The van der Waals surface area contributed by atoms with Gasteiger partial charge in [-0.25, -0.2) is 9.59 Å². The Bertz CT molecular complexity index is 1190. The van der Waals surface area contributed by atoms with Crippen molar-refractivity contribution in [1.29, 1.82) is 0 Å². The topological polar surface area (TPSA) is 64.7 Å². The fourth-order valence-electron chi connectivity index (χ4n) is 2.97. The van der Waals surface area contributed by atoms with Gasteiger partial charge in [0.15, 0.2) is 0 Å². The number of fused-ring (bicyclic) bond motifs is 2. The zero-order valence-corrected chi connectivity index (χ0v) is 17.1. The second-order valence-electron chi connectivity index (χ2n) is 6.40. The summed E-state index contributed by atoms with van der Waals surface area (Å²) in [6.07, 6.45) is 0. The predicted molar refractivity (Wildman–Crippen MR) is 113 cm³/mol. The predicted octanol–water partition coefficient (Wildman–Crippen LogP) is 3.39. The van der Waals surface area contributed by atoms with E-state index in [0.29, 0.717) is 0 Å². The number of rotatable bonds is 0. The zero-order valence-electron chi connectivity index (χ0n) is 17.1. The van der Waals surface area contributed by atoms with E-state index in [9.17, 15) is 9.59 Å². The molecule has 0 amide bonds. The minimum atomic E-state index is -0.0596. The lowest BCUT2D eigenvalue weighted by molar-refractivity contribution is 0.795. The molecule has 0 spiro atoms. The highest BCUT2D eigenvalue weighted by Gasteiger charge is 2.06. The summed E-state index contributed by atoms with van der Waals surface area (Å²) in [6.45, 7) is 8.03. The molecule has 0 saturated heterocycles. The SMILES string of the molecule is CC.Cc1ccc2c(c1)[nH]c(=O)n2C.Cc1ccc2c(c1)n(C)c(=O)n2C. The van der Waals surface area contributed by atoms with Gasteiger partial charge in [0, 0.05) is 21.1 Å². The van der Waals surface area contributed by atoms with Gasteiger partial charge in [0.25, 0.3) is 0 Å². The summed E-state index contributed by atoms with van der Waals surface area (Å²) in [4.78, 5) is 25.5. The van der Waals surface area contributed by atoms with Crippen LogP contribution in [0.4, 0.5) is 0 Å². The first-order valence-electron chi connectivity index (χ1n) is 9.07. The summed E-state index contributed by atoms with van der Waals surface area (Å²) in [5.74, 6) is 0. The summed E-state index contributed by atoms with van der Waals surface area (Å²) in [5.41, 5.74) is 6.13. The molecule has 2 aromatic carbocycles. The van der Waals surface area contributed by atoms with Crippen LogP contribution in [0.25, 0.3) is 22.1 Å². The molecule has 0 aliphatic heterocycles. The highest BCUT2D eigenvalue weighted by atomic mass is 16.2. The van der Waals surface area contributed by atoms with E-state index in [1.807, 2.05) is 64.1 Å². The maximum Gasteiger partial charge on any atom is 0.328 e. The van der Waals surface area contributed by atoms with Gasteiger partial charge in [0.05, 0.1) is 22.1 Å².